The summed E-state index contributed by atoms with van der Waals surface area (Å²) in [5.41, 5.74) is 10.7. The van der Waals surface area contributed by atoms with Gasteiger partial charge in [-0.3, -0.25) is 4.68 Å². The lowest BCUT2D eigenvalue weighted by molar-refractivity contribution is 0.122. The van der Waals surface area contributed by atoms with Crippen molar-refractivity contribution in [1.29, 1.82) is 0 Å². The molecule has 0 aliphatic heterocycles. The Labute approximate surface area is 61.8 Å². The molecule has 1 heterocycles. The summed E-state index contributed by atoms with van der Waals surface area (Å²) in [7, 11) is 0. The molecule has 1 rings (SSSR count). The van der Waals surface area contributed by atoms with Gasteiger partial charge >= 0.3 is 0 Å². The second kappa shape index (κ2) is 2.73. The molecule has 0 aliphatic carbocycles. The monoisotopic (exact) mass is 162 g/mol. The highest BCUT2D eigenvalue weighted by molar-refractivity contribution is 5.56. The van der Waals surface area contributed by atoms with Crippen LogP contribution in [0.1, 0.15) is 0 Å². The van der Waals surface area contributed by atoms with Gasteiger partial charge in [-0.15, -0.1) is 0 Å². The van der Waals surface area contributed by atoms with Gasteiger partial charge in [-0.25, -0.2) is 8.78 Å². The first-order valence-corrected chi connectivity index (χ1v) is 2.96. The van der Waals surface area contributed by atoms with E-state index in [1.807, 2.05) is 0 Å². The van der Waals surface area contributed by atoms with Crippen molar-refractivity contribution in [2.24, 2.45) is 0 Å². The maximum absolute atomic E-state index is 11.7. The Kier molecular flexibility index (Phi) is 1.93. The molecular formula is C5H8F2N4. The Morgan fingerprint density at radius 2 is 2.18 bits per heavy atom. The molecule has 6 heteroatoms. The molecule has 0 spiro atoms. The average molecular weight is 162 g/mol. The van der Waals surface area contributed by atoms with Crippen LogP contribution in [0.3, 0.4) is 0 Å². The van der Waals surface area contributed by atoms with E-state index in [0.29, 0.717) is 0 Å². The summed E-state index contributed by atoms with van der Waals surface area (Å²) in [6.07, 6.45) is -1.16. The largest absolute Gasteiger partial charge is 0.394 e. The lowest BCUT2D eigenvalue weighted by atomic mass is 10.5. The molecule has 0 saturated carbocycles. The summed E-state index contributed by atoms with van der Waals surface area (Å²) in [5, 5.41) is 3.54. The van der Waals surface area contributed by atoms with Gasteiger partial charge in [0, 0.05) is 0 Å². The van der Waals surface area contributed by atoms with E-state index < -0.39 is 13.0 Å². The first-order chi connectivity index (χ1) is 5.09. The van der Waals surface area contributed by atoms with Crippen molar-refractivity contribution in [3.63, 3.8) is 0 Å². The molecule has 0 unspecified atom stereocenters. The Morgan fingerprint density at radius 3 is 2.55 bits per heavy atom. The molecule has 0 fully saturated rings. The van der Waals surface area contributed by atoms with E-state index >= 15 is 0 Å². The third-order valence-corrected chi connectivity index (χ3v) is 1.15. The summed E-state index contributed by atoms with van der Waals surface area (Å²) >= 11 is 0. The summed E-state index contributed by atoms with van der Waals surface area (Å²) in [6.45, 7) is -0.471. The highest BCUT2D eigenvalue weighted by Gasteiger charge is 2.06. The predicted octanol–water partition coefficient (Wildman–Crippen LogP) is 0.313. The maximum Gasteiger partial charge on any atom is 0.257 e. The molecule has 0 saturated heterocycles. The fraction of sp³-hybridized carbons (Fsp3) is 0.400. The van der Waals surface area contributed by atoms with Gasteiger partial charge in [0.1, 0.15) is 6.54 Å². The lowest BCUT2D eigenvalue weighted by Crippen LogP contribution is -2.07. The van der Waals surface area contributed by atoms with Crippen LogP contribution < -0.4 is 11.5 Å². The van der Waals surface area contributed by atoms with Crippen LogP contribution in [0.15, 0.2) is 6.20 Å². The molecule has 1 aromatic rings. The number of aromatic nitrogens is 2. The summed E-state index contributed by atoms with van der Waals surface area (Å²) in [6, 6.07) is 0. The quantitative estimate of drug-likeness (QED) is 0.657. The van der Waals surface area contributed by atoms with Crippen molar-refractivity contribution >= 4 is 11.5 Å². The van der Waals surface area contributed by atoms with E-state index in [9.17, 15) is 8.78 Å². The van der Waals surface area contributed by atoms with Crippen molar-refractivity contribution in [2.45, 2.75) is 13.0 Å². The molecule has 0 radical (unpaired) electrons. The van der Waals surface area contributed by atoms with Gasteiger partial charge in [0.05, 0.1) is 11.9 Å². The molecule has 11 heavy (non-hydrogen) atoms. The molecule has 62 valence electrons. The van der Waals surface area contributed by atoms with Crippen LogP contribution >= 0.6 is 0 Å². The fourth-order valence-corrected chi connectivity index (χ4v) is 0.687. The minimum absolute atomic E-state index is 0.0886. The molecule has 0 aliphatic rings. The zero-order valence-electron chi connectivity index (χ0n) is 5.67. The number of nitrogens with two attached hydrogens (primary N) is 2. The van der Waals surface area contributed by atoms with Gasteiger partial charge in [-0.05, 0) is 0 Å². The number of halogens is 2. The number of hydrogen-bond donors (Lipinski definition) is 2. The van der Waals surface area contributed by atoms with Crippen LogP contribution in [0, 0.1) is 0 Å². The van der Waals surface area contributed by atoms with Crippen molar-refractivity contribution in [3.05, 3.63) is 6.20 Å². The molecule has 0 atom stereocenters. The maximum atomic E-state index is 11.7. The van der Waals surface area contributed by atoms with Crippen LogP contribution in [0.25, 0.3) is 0 Å². The van der Waals surface area contributed by atoms with Gasteiger partial charge in [0.25, 0.3) is 6.43 Å². The molecule has 0 amide bonds. The highest BCUT2D eigenvalue weighted by Crippen LogP contribution is 2.11. The molecular weight excluding hydrogens is 154 g/mol. The SMILES string of the molecule is Nc1cn(CC(F)F)nc1N. The number of hydrogen-bond acceptors (Lipinski definition) is 3. The third kappa shape index (κ3) is 1.79. The molecule has 0 aromatic carbocycles. The average Bonchev–Trinajstić information content (AvgIpc) is 2.10. The normalized spacial score (nSPS) is 10.8. The van der Waals surface area contributed by atoms with E-state index in [-0.39, 0.29) is 11.5 Å². The first-order valence-electron chi connectivity index (χ1n) is 2.96. The Hall–Kier alpha value is -1.33. The van der Waals surface area contributed by atoms with E-state index in [4.69, 9.17) is 11.5 Å². The lowest BCUT2D eigenvalue weighted by Gasteiger charge is -1.96. The fourth-order valence-electron chi connectivity index (χ4n) is 0.687. The van der Waals surface area contributed by atoms with Crippen LogP contribution in [0.2, 0.25) is 0 Å². The van der Waals surface area contributed by atoms with Crippen molar-refractivity contribution in [2.75, 3.05) is 11.5 Å². The minimum atomic E-state index is -2.44. The van der Waals surface area contributed by atoms with Gasteiger partial charge < -0.3 is 11.5 Å². The van der Waals surface area contributed by atoms with Crippen LogP contribution in [-0.4, -0.2) is 16.2 Å². The standard InChI is InChI=1S/C5H8F2N4/c6-4(7)2-11-1-3(8)5(9)10-11/h1,4H,2,8H2,(H2,9,10). The molecule has 0 bridgehead atoms. The van der Waals surface area contributed by atoms with Gasteiger partial charge in [0.15, 0.2) is 5.82 Å². The Morgan fingerprint density at radius 1 is 1.55 bits per heavy atom. The second-order valence-electron chi connectivity index (χ2n) is 2.08. The Bertz CT molecular complexity index is 225. The smallest absolute Gasteiger partial charge is 0.257 e. The van der Waals surface area contributed by atoms with Crippen LogP contribution in [0.5, 0.6) is 0 Å². The minimum Gasteiger partial charge on any atom is -0.394 e. The van der Waals surface area contributed by atoms with E-state index in [1.54, 1.807) is 0 Å². The van der Waals surface area contributed by atoms with Crippen molar-refractivity contribution < 1.29 is 8.78 Å². The van der Waals surface area contributed by atoms with E-state index in [1.165, 1.54) is 6.20 Å². The number of nitrogen functional groups attached to an aromatic ring is 2. The number of rotatable bonds is 2. The van der Waals surface area contributed by atoms with Crippen LogP contribution in [0.4, 0.5) is 20.3 Å². The van der Waals surface area contributed by atoms with Crippen molar-refractivity contribution in [1.82, 2.24) is 9.78 Å². The van der Waals surface area contributed by atoms with Crippen LogP contribution in [-0.2, 0) is 6.54 Å². The number of anilines is 2. The van der Waals surface area contributed by atoms with Gasteiger partial charge in [-0.2, -0.15) is 5.10 Å². The van der Waals surface area contributed by atoms with Gasteiger partial charge in [0.2, 0.25) is 0 Å². The summed E-state index contributed by atoms with van der Waals surface area (Å²) in [5.74, 6) is 0.0886. The Balaban J connectivity index is 2.73. The number of nitrogens with zero attached hydrogens (tertiary/aromatic N) is 2. The predicted molar refractivity (Wildman–Crippen MR) is 37.1 cm³/mol. The van der Waals surface area contributed by atoms with E-state index in [0.717, 1.165) is 4.68 Å². The first kappa shape index (κ1) is 7.77. The zero-order chi connectivity index (χ0) is 8.43. The zero-order valence-corrected chi connectivity index (χ0v) is 5.67. The summed E-state index contributed by atoms with van der Waals surface area (Å²) in [4.78, 5) is 0. The molecule has 4 N–H and O–H groups in total. The van der Waals surface area contributed by atoms with E-state index in [2.05, 4.69) is 5.10 Å². The molecule has 1 aromatic heterocycles. The topological polar surface area (TPSA) is 69.9 Å². The van der Waals surface area contributed by atoms with Gasteiger partial charge in [-0.1, -0.05) is 0 Å². The number of alkyl halides is 2. The highest BCUT2D eigenvalue weighted by atomic mass is 19.3. The third-order valence-electron chi connectivity index (χ3n) is 1.15. The summed E-state index contributed by atoms with van der Waals surface area (Å²) < 4.78 is 24.5. The second-order valence-corrected chi connectivity index (χ2v) is 2.08. The van der Waals surface area contributed by atoms with Crippen molar-refractivity contribution in [3.8, 4) is 0 Å². The molecule has 4 nitrogen and oxygen atoms in total.